The van der Waals surface area contributed by atoms with Crippen LogP contribution >= 0.6 is 27.3 Å². The van der Waals surface area contributed by atoms with Gasteiger partial charge in [0.1, 0.15) is 10.8 Å². The Balaban J connectivity index is 1.50. The molecule has 0 unspecified atom stereocenters. The maximum Gasteiger partial charge on any atom is 0.123 e. The zero-order valence-electron chi connectivity index (χ0n) is 12.4. The van der Waals surface area contributed by atoms with Crippen molar-refractivity contribution < 1.29 is 4.39 Å². The SMILES string of the molecule is Fc1cccc(CCNCc2ncc(-c3ccc(Br)cc3)s2)c1. The molecule has 0 radical (unpaired) electrons. The predicted molar refractivity (Wildman–Crippen MR) is 97.1 cm³/mol. The van der Waals surface area contributed by atoms with Gasteiger partial charge in [-0.2, -0.15) is 0 Å². The van der Waals surface area contributed by atoms with E-state index in [-0.39, 0.29) is 5.82 Å². The summed E-state index contributed by atoms with van der Waals surface area (Å²) in [5.74, 6) is -0.179. The molecule has 1 aromatic heterocycles. The van der Waals surface area contributed by atoms with Crippen LogP contribution in [0.4, 0.5) is 4.39 Å². The van der Waals surface area contributed by atoms with Crippen LogP contribution in [0.1, 0.15) is 10.6 Å². The van der Waals surface area contributed by atoms with Gasteiger partial charge in [-0.05, 0) is 48.4 Å². The summed E-state index contributed by atoms with van der Waals surface area (Å²) in [4.78, 5) is 5.62. The van der Waals surface area contributed by atoms with Gasteiger partial charge in [-0.15, -0.1) is 11.3 Å². The van der Waals surface area contributed by atoms with Crippen molar-refractivity contribution >= 4 is 27.3 Å². The highest BCUT2D eigenvalue weighted by Gasteiger charge is 2.04. The van der Waals surface area contributed by atoms with E-state index in [0.29, 0.717) is 0 Å². The first-order valence-electron chi connectivity index (χ1n) is 7.36. The number of halogens is 2. The average Bonchev–Trinajstić information content (AvgIpc) is 3.01. The molecule has 0 aliphatic rings. The van der Waals surface area contributed by atoms with Crippen LogP contribution in [0.15, 0.2) is 59.2 Å². The predicted octanol–water partition coefficient (Wildman–Crippen LogP) is 5.04. The largest absolute Gasteiger partial charge is 0.310 e. The minimum absolute atomic E-state index is 0.179. The maximum absolute atomic E-state index is 13.1. The number of thiazole rings is 1. The molecule has 0 saturated heterocycles. The van der Waals surface area contributed by atoms with Crippen LogP contribution in [0, 0.1) is 5.82 Å². The van der Waals surface area contributed by atoms with Gasteiger partial charge in [0.15, 0.2) is 0 Å². The van der Waals surface area contributed by atoms with E-state index in [2.05, 4.69) is 38.4 Å². The lowest BCUT2D eigenvalue weighted by Crippen LogP contribution is -2.16. The van der Waals surface area contributed by atoms with E-state index >= 15 is 0 Å². The van der Waals surface area contributed by atoms with Crippen molar-refractivity contribution in [2.75, 3.05) is 6.54 Å². The molecule has 1 heterocycles. The molecule has 0 aliphatic carbocycles. The molecule has 3 aromatic rings. The number of hydrogen-bond donors (Lipinski definition) is 1. The van der Waals surface area contributed by atoms with Crippen LogP contribution in [0.3, 0.4) is 0 Å². The smallest absolute Gasteiger partial charge is 0.123 e. The lowest BCUT2D eigenvalue weighted by atomic mass is 10.1. The highest BCUT2D eigenvalue weighted by Crippen LogP contribution is 2.27. The molecule has 1 N–H and O–H groups in total. The molecule has 5 heteroatoms. The Labute approximate surface area is 147 Å². The van der Waals surface area contributed by atoms with Gasteiger partial charge in [0.2, 0.25) is 0 Å². The van der Waals surface area contributed by atoms with Crippen LogP contribution in [0.25, 0.3) is 10.4 Å². The summed E-state index contributed by atoms with van der Waals surface area (Å²) in [5, 5.41) is 4.42. The highest BCUT2D eigenvalue weighted by molar-refractivity contribution is 9.10. The molecule has 0 saturated carbocycles. The number of rotatable bonds is 6. The summed E-state index contributed by atoms with van der Waals surface area (Å²) in [5.41, 5.74) is 2.18. The van der Waals surface area contributed by atoms with Gasteiger partial charge in [-0.3, -0.25) is 0 Å². The van der Waals surface area contributed by atoms with Gasteiger partial charge in [0.05, 0.1) is 4.88 Å². The normalized spacial score (nSPS) is 10.9. The summed E-state index contributed by atoms with van der Waals surface area (Å²) in [6, 6.07) is 15.0. The monoisotopic (exact) mass is 390 g/mol. The molecule has 2 nitrogen and oxygen atoms in total. The first-order valence-corrected chi connectivity index (χ1v) is 8.97. The molecule has 0 atom stereocenters. The second kappa shape index (κ2) is 7.81. The Morgan fingerprint density at radius 1 is 1.13 bits per heavy atom. The standard InChI is InChI=1S/C18H16BrFN2S/c19-15-6-4-14(5-7-15)17-11-22-18(23-17)12-21-9-8-13-2-1-3-16(20)10-13/h1-7,10-11,21H,8-9,12H2. The van der Waals surface area contributed by atoms with Crippen molar-refractivity contribution in [1.82, 2.24) is 10.3 Å². The van der Waals surface area contributed by atoms with E-state index in [4.69, 9.17) is 0 Å². The molecule has 23 heavy (non-hydrogen) atoms. The molecule has 0 fully saturated rings. The third kappa shape index (κ3) is 4.70. The van der Waals surface area contributed by atoms with Crippen molar-refractivity contribution in [3.63, 3.8) is 0 Å². The number of nitrogens with zero attached hydrogens (tertiary/aromatic N) is 1. The van der Waals surface area contributed by atoms with Gasteiger partial charge in [0.25, 0.3) is 0 Å². The quantitative estimate of drug-likeness (QED) is 0.596. The summed E-state index contributed by atoms with van der Waals surface area (Å²) < 4.78 is 14.2. The maximum atomic E-state index is 13.1. The number of nitrogens with one attached hydrogen (secondary N) is 1. The Morgan fingerprint density at radius 3 is 2.74 bits per heavy atom. The summed E-state index contributed by atoms with van der Waals surface area (Å²) in [6.07, 6.45) is 2.72. The number of benzene rings is 2. The third-order valence-electron chi connectivity index (χ3n) is 3.44. The van der Waals surface area contributed by atoms with E-state index < -0.39 is 0 Å². The molecule has 2 aromatic carbocycles. The molecular formula is C18H16BrFN2S. The highest BCUT2D eigenvalue weighted by atomic mass is 79.9. The minimum Gasteiger partial charge on any atom is -0.310 e. The summed E-state index contributed by atoms with van der Waals surface area (Å²) in [7, 11) is 0. The Bertz CT molecular complexity index is 771. The van der Waals surface area contributed by atoms with Gasteiger partial charge < -0.3 is 5.32 Å². The molecular weight excluding hydrogens is 375 g/mol. The Kier molecular flexibility index (Phi) is 5.54. The summed E-state index contributed by atoms with van der Waals surface area (Å²) in [6.45, 7) is 1.53. The van der Waals surface area contributed by atoms with Crippen molar-refractivity contribution in [2.24, 2.45) is 0 Å². The first kappa shape index (κ1) is 16.3. The third-order valence-corrected chi connectivity index (χ3v) is 5.01. The minimum atomic E-state index is -0.179. The van der Waals surface area contributed by atoms with E-state index in [9.17, 15) is 4.39 Å². The van der Waals surface area contributed by atoms with Crippen molar-refractivity contribution in [3.8, 4) is 10.4 Å². The van der Waals surface area contributed by atoms with Crippen molar-refractivity contribution in [3.05, 3.63) is 75.6 Å². The van der Waals surface area contributed by atoms with E-state index in [1.807, 2.05) is 24.4 Å². The van der Waals surface area contributed by atoms with Crippen LogP contribution in [0.2, 0.25) is 0 Å². The zero-order valence-corrected chi connectivity index (χ0v) is 14.8. The lowest BCUT2D eigenvalue weighted by molar-refractivity contribution is 0.622. The van der Waals surface area contributed by atoms with Crippen molar-refractivity contribution in [2.45, 2.75) is 13.0 Å². The molecule has 3 rings (SSSR count). The number of hydrogen-bond acceptors (Lipinski definition) is 3. The Morgan fingerprint density at radius 2 is 1.96 bits per heavy atom. The van der Waals surface area contributed by atoms with Crippen LogP contribution in [0.5, 0.6) is 0 Å². The van der Waals surface area contributed by atoms with E-state index in [1.165, 1.54) is 16.5 Å². The fourth-order valence-corrected chi connectivity index (χ4v) is 3.42. The van der Waals surface area contributed by atoms with E-state index in [0.717, 1.165) is 34.6 Å². The fraction of sp³-hybridized carbons (Fsp3) is 0.167. The topological polar surface area (TPSA) is 24.9 Å². The first-order chi connectivity index (χ1) is 11.2. The van der Waals surface area contributed by atoms with Gasteiger partial charge in [-0.1, -0.05) is 40.2 Å². The zero-order chi connectivity index (χ0) is 16.1. The van der Waals surface area contributed by atoms with Crippen molar-refractivity contribution in [1.29, 1.82) is 0 Å². The lowest BCUT2D eigenvalue weighted by Gasteiger charge is -2.03. The fourth-order valence-electron chi connectivity index (χ4n) is 2.26. The van der Waals surface area contributed by atoms with Crippen LogP contribution in [-0.4, -0.2) is 11.5 Å². The van der Waals surface area contributed by atoms with Crippen LogP contribution < -0.4 is 5.32 Å². The molecule has 0 spiro atoms. The van der Waals surface area contributed by atoms with Gasteiger partial charge in [-0.25, -0.2) is 9.37 Å². The van der Waals surface area contributed by atoms with Crippen LogP contribution in [-0.2, 0) is 13.0 Å². The molecule has 118 valence electrons. The average molecular weight is 391 g/mol. The Hall–Kier alpha value is -1.56. The van der Waals surface area contributed by atoms with E-state index in [1.54, 1.807) is 23.5 Å². The number of aromatic nitrogens is 1. The molecule has 0 amide bonds. The molecule has 0 aliphatic heterocycles. The van der Waals surface area contributed by atoms with Gasteiger partial charge in [0, 0.05) is 17.2 Å². The summed E-state index contributed by atoms with van der Waals surface area (Å²) >= 11 is 5.13. The molecule has 0 bridgehead atoms. The second-order valence-corrected chi connectivity index (χ2v) is 7.21. The van der Waals surface area contributed by atoms with Gasteiger partial charge >= 0.3 is 0 Å². The second-order valence-electron chi connectivity index (χ2n) is 5.18.